The molecule has 32 heavy (non-hydrogen) atoms. The monoisotopic (exact) mass is 447 g/mol. The summed E-state index contributed by atoms with van der Waals surface area (Å²) in [6.07, 6.45) is 4.63. The molecule has 2 aliphatic rings. The van der Waals surface area contributed by atoms with Crippen molar-refractivity contribution in [1.29, 1.82) is 0 Å². The van der Waals surface area contributed by atoms with Gasteiger partial charge in [-0.15, -0.1) is 0 Å². The van der Waals surface area contributed by atoms with Crippen LogP contribution < -0.4 is 15.8 Å². The SMILES string of the molecule is Nc1ccc(/C=C/C(=O)NCc2cc3oc(OC(=O)c4ccccc4)cc(Cl)c-3c2)cn1. The van der Waals surface area contributed by atoms with Crippen molar-refractivity contribution in [3.05, 3.63) is 94.6 Å². The summed E-state index contributed by atoms with van der Waals surface area (Å²) in [7, 11) is 0. The van der Waals surface area contributed by atoms with Gasteiger partial charge in [0.05, 0.1) is 10.6 Å². The number of amides is 1. The highest BCUT2D eigenvalue weighted by Crippen LogP contribution is 2.37. The van der Waals surface area contributed by atoms with Crippen LogP contribution in [0.2, 0.25) is 5.02 Å². The number of carbonyl (C=O) groups is 2. The van der Waals surface area contributed by atoms with Crippen LogP contribution in [-0.2, 0) is 11.3 Å². The lowest BCUT2D eigenvalue weighted by Gasteiger charge is -2.07. The Labute approximate surface area is 188 Å². The predicted molar refractivity (Wildman–Crippen MR) is 121 cm³/mol. The predicted octanol–water partition coefficient (Wildman–Crippen LogP) is 4.56. The molecule has 0 spiro atoms. The molecule has 2 heterocycles. The van der Waals surface area contributed by atoms with Crippen LogP contribution in [0.25, 0.3) is 17.4 Å². The van der Waals surface area contributed by atoms with Crippen LogP contribution in [0.3, 0.4) is 0 Å². The smallest absolute Gasteiger partial charge is 0.345 e. The van der Waals surface area contributed by atoms with Crippen LogP contribution in [0.4, 0.5) is 5.82 Å². The Morgan fingerprint density at radius 3 is 2.69 bits per heavy atom. The Balaban J connectivity index is 1.41. The van der Waals surface area contributed by atoms with E-state index in [2.05, 4.69) is 10.3 Å². The topological polar surface area (TPSA) is 107 Å². The summed E-state index contributed by atoms with van der Waals surface area (Å²) in [6.45, 7) is 0.267. The lowest BCUT2D eigenvalue weighted by molar-refractivity contribution is -0.116. The third kappa shape index (κ3) is 5.14. The van der Waals surface area contributed by atoms with Crippen molar-refractivity contribution >= 4 is 35.4 Å². The second kappa shape index (κ2) is 9.36. The van der Waals surface area contributed by atoms with E-state index in [1.807, 2.05) is 0 Å². The standard InChI is InChI=1S/C24H18ClN3O4/c25-19-12-23(32-24(30)17-4-2-1-3-5-17)31-20-11-16(10-18(19)20)14-28-22(29)9-7-15-6-8-21(26)27-13-15/h1-13H,14H2,(H2,26,27)(H,28,29)/b9-7+. The number of carbonyl (C=O) groups excluding carboxylic acids is 2. The normalized spacial score (nSPS) is 11.0. The molecule has 0 saturated heterocycles. The van der Waals surface area contributed by atoms with Crippen molar-refractivity contribution < 1.29 is 18.7 Å². The summed E-state index contributed by atoms with van der Waals surface area (Å²) >= 11 is 6.33. The maximum atomic E-state index is 12.2. The molecule has 1 aromatic carbocycles. The van der Waals surface area contributed by atoms with E-state index in [1.165, 1.54) is 12.1 Å². The van der Waals surface area contributed by atoms with Gasteiger partial charge < -0.3 is 20.2 Å². The Kier molecular flexibility index (Phi) is 6.19. The van der Waals surface area contributed by atoms with Crippen LogP contribution in [0.15, 0.2) is 77.4 Å². The molecule has 1 amide bonds. The molecule has 4 rings (SSSR count). The van der Waals surface area contributed by atoms with E-state index in [9.17, 15) is 9.59 Å². The molecule has 0 bridgehead atoms. The summed E-state index contributed by atoms with van der Waals surface area (Å²) in [6, 6.07) is 17.0. The van der Waals surface area contributed by atoms with Crippen molar-refractivity contribution in [2.45, 2.75) is 6.54 Å². The molecule has 0 unspecified atom stereocenters. The number of aromatic nitrogens is 1. The van der Waals surface area contributed by atoms with Gasteiger partial charge in [-0.25, -0.2) is 9.78 Å². The molecule has 7 nitrogen and oxygen atoms in total. The third-order valence-corrected chi connectivity index (χ3v) is 4.84. The lowest BCUT2D eigenvalue weighted by atomic mass is 10.2. The van der Waals surface area contributed by atoms with Crippen LogP contribution in [-0.4, -0.2) is 16.9 Å². The Morgan fingerprint density at radius 1 is 1.12 bits per heavy atom. The molecule has 1 aliphatic heterocycles. The van der Waals surface area contributed by atoms with Crippen molar-refractivity contribution in [3.63, 3.8) is 0 Å². The number of rotatable bonds is 6. The summed E-state index contributed by atoms with van der Waals surface area (Å²) in [5, 5.41) is 3.16. The summed E-state index contributed by atoms with van der Waals surface area (Å²) in [5.74, 6) is 0.0233. The number of ether oxygens (including phenoxy) is 1. The fourth-order valence-corrected chi connectivity index (χ4v) is 3.18. The average molecular weight is 448 g/mol. The molecule has 1 aromatic heterocycles. The molecular formula is C24H18ClN3O4. The number of esters is 1. The molecule has 8 heteroatoms. The zero-order valence-corrected chi connectivity index (χ0v) is 17.5. The van der Waals surface area contributed by atoms with E-state index < -0.39 is 5.97 Å². The van der Waals surface area contributed by atoms with E-state index in [0.29, 0.717) is 27.7 Å². The van der Waals surface area contributed by atoms with Crippen LogP contribution in [0.1, 0.15) is 21.5 Å². The van der Waals surface area contributed by atoms with Gasteiger partial charge in [0, 0.05) is 30.4 Å². The molecule has 0 radical (unpaired) electrons. The largest absolute Gasteiger partial charge is 0.425 e. The first-order valence-corrected chi connectivity index (χ1v) is 10.0. The number of fused-ring (bicyclic) bond motifs is 1. The summed E-state index contributed by atoms with van der Waals surface area (Å²) < 4.78 is 11.0. The van der Waals surface area contributed by atoms with Crippen molar-refractivity contribution in [2.75, 3.05) is 5.73 Å². The Bertz CT molecular complexity index is 1250. The van der Waals surface area contributed by atoms with Gasteiger partial charge >= 0.3 is 5.97 Å². The number of nitrogen functional groups attached to an aromatic ring is 1. The number of nitrogens with two attached hydrogens (primary N) is 1. The molecular weight excluding hydrogens is 430 g/mol. The van der Waals surface area contributed by atoms with E-state index in [-0.39, 0.29) is 18.4 Å². The highest BCUT2D eigenvalue weighted by atomic mass is 35.5. The molecule has 0 saturated carbocycles. The Morgan fingerprint density at radius 2 is 1.94 bits per heavy atom. The number of pyridine rings is 1. The second-order valence-electron chi connectivity index (χ2n) is 6.88. The fourth-order valence-electron chi connectivity index (χ4n) is 2.95. The molecule has 0 atom stereocenters. The number of benzene rings is 1. The van der Waals surface area contributed by atoms with Gasteiger partial charge in [0.25, 0.3) is 5.95 Å². The van der Waals surface area contributed by atoms with Gasteiger partial charge in [-0.3, -0.25) is 4.79 Å². The summed E-state index contributed by atoms with van der Waals surface area (Å²) in [4.78, 5) is 28.3. The zero-order valence-electron chi connectivity index (χ0n) is 16.7. The maximum absolute atomic E-state index is 12.2. The van der Waals surface area contributed by atoms with Crippen molar-refractivity contribution in [3.8, 4) is 17.3 Å². The highest BCUT2D eigenvalue weighted by Gasteiger charge is 2.18. The van der Waals surface area contributed by atoms with Gasteiger partial charge in [0.1, 0.15) is 11.6 Å². The van der Waals surface area contributed by atoms with Crippen LogP contribution >= 0.6 is 11.6 Å². The number of hydrogen-bond acceptors (Lipinski definition) is 6. The zero-order chi connectivity index (χ0) is 22.5. The molecule has 160 valence electrons. The van der Waals surface area contributed by atoms with Gasteiger partial charge in [0.2, 0.25) is 5.91 Å². The third-order valence-electron chi connectivity index (χ3n) is 4.53. The van der Waals surface area contributed by atoms with Crippen LogP contribution in [0, 0.1) is 0 Å². The van der Waals surface area contributed by atoms with Gasteiger partial charge in [0.15, 0.2) is 0 Å². The van der Waals surface area contributed by atoms with Gasteiger partial charge in [-0.2, -0.15) is 0 Å². The minimum atomic E-state index is -0.549. The summed E-state index contributed by atoms with van der Waals surface area (Å²) in [5.41, 5.74) is 8.13. The highest BCUT2D eigenvalue weighted by molar-refractivity contribution is 6.33. The minimum absolute atomic E-state index is 0.0161. The molecule has 3 N–H and O–H groups in total. The minimum Gasteiger partial charge on any atom is -0.425 e. The fraction of sp³-hybridized carbons (Fsp3) is 0.0417. The first kappa shape index (κ1) is 21.1. The van der Waals surface area contributed by atoms with Crippen molar-refractivity contribution in [1.82, 2.24) is 10.3 Å². The number of nitrogens with one attached hydrogen (secondary N) is 1. The molecule has 2 aromatic rings. The lowest BCUT2D eigenvalue weighted by Crippen LogP contribution is -2.19. The number of nitrogens with zero attached hydrogens (tertiary/aromatic N) is 1. The quantitative estimate of drug-likeness (QED) is 0.331. The van der Waals surface area contributed by atoms with Gasteiger partial charge in [-0.1, -0.05) is 29.8 Å². The number of anilines is 1. The number of halogens is 1. The van der Waals surface area contributed by atoms with Crippen LogP contribution in [0.5, 0.6) is 5.95 Å². The van der Waals surface area contributed by atoms with Crippen molar-refractivity contribution in [2.24, 2.45) is 0 Å². The average Bonchev–Trinajstić information content (AvgIpc) is 3.21. The second-order valence-corrected chi connectivity index (χ2v) is 7.29. The molecule has 1 aliphatic carbocycles. The first-order chi connectivity index (χ1) is 15.5. The Hall–Kier alpha value is -4.10. The first-order valence-electron chi connectivity index (χ1n) is 9.64. The van der Waals surface area contributed by atoms with E-state index in [4.69, 9.17) is 26.5 Å². The van der Waals surface area contributed by atoms with E-state index in [0.717, 1.165) is 11.1 Å². The van der Waals surface area contributed by atoms with Gasteiger partial charge in [-0.05, 0) is 53.6 Å². The maximum Gasteiger partial charge on any atom is 0.345 e. The van der Waals surface area contributed by atoms with E-state index >= 15 is 0 Å². The number of hydrogen-bond donors (Lipinski definition) is 2. The molecule has 0 fully saturated rings. The van der Waals surface area contributed by atoms with E-state index in [1.54, 1.807) is 66.9 Å².